The Bertz CT molecular complexity index is 775. The Labute approximate surface area is 152 Å². The van der Waals surface area contributed by atoms with Crippen molar-refractivity contribution in [2.75, 3.05) is 38.9 Å². The molecule has 0 unspecified atom stereocenters. The number of benzene rings is 1. The number of hydrogen-bond donors (Lipinski definition) is 0. The van der Waals surface area contributed by atoms with Crippen molar-refractivity contribution in [2.24, 2.45) is 0 Å². The van der Waals surface area contributed by atoms with E-state index in [4.69, 9.17) is 14.2 Å². The third kappa shape index (κ3) is 4.46. The Balaban J connectivity index is 2.03. The van der Waals surface area contributed by atoms with Crippen LogP contribution in [0.1, 0.15) is 23.7 Å². The van der Waals surface area contributed by atoms with E-state index in [1.807, 2.05) is 0 Å². The molecule has 1 aliphatic heterocycles. The molecule has 0 saturated carbocycles. The molecule has 0 aliphatic carbocycles. The lowest BCUT2D eigenvalue weighted by Crippen LogP contribution is -2.43. The summed E-state index contributed by atoms with van der Waals surface area (Å²) in [5.74, 6) is -0.526. The van der Waals surface area contributed by atoms with Crippen molar-refractivity contribution in [3.63, 3.8) is 0 Å². The maximum atomic E-state index is 12.4. The van der Waals surface area contributed by atoms with E-state index in [1.54, 1.807) is 19.1 Å². The Kier molecular flexibility index (Phi) is 6.47. The van der Waals surface area contributed by atoms with E-state index in [0.717, 1.165) is 0 Å². The highest BCUT2D eigenvalue weighted by molar-refractivity contribution is 7.91. The first-order chi connectivity index (χ1) is 12.3. The molecule has 1 aromatic carbocycles. The molecular formula is C17H23NO7S. The molecule has 0 aromatic heterocycles. The van der Waals surface area contributed by atoms with Gasteiger partial charge in [0, 0.05) is 12.6 Å². The van der Waals surface area contributed by atoms with Gasteiger partial charge >= 0.3 is 5.97 Å². The number of sulfone groups is 1. The van der Waals surface area contributed by atoms with Gasteiger partial charge in [0.05, 0.1) is 25.7 Å². The quantitative estimate of drug-likeness (QED) is 0.643. The zero-order valence-corrected chi connectivity index (χ0v) is 15.9. The molecule has 1 atom stereocenters. The molecule has 2 rings (SSSR count). The molecule has 1 aliphatic rings. The van der Waals surface area contributed by atoms with Gasteiger partial charge in [-0.25, -0.2) is 13.2 Å². The van der Waals surface area contributed by atoms with Crippen molar-refractivity contribution in [1.82, 2.24) is 4.90 Å². The van der Waals surface area contributed by atoms with Gasteiger partial charge < -0.3 is 19.1 Å². The van der Waals surface area contributed by atoms with Crippen LogP contribution in [0.2, 0.25) is 0 Å². The average molecular weight is 385 g/mol. The minimum Gasteiger partial charge on any atom is -0.493 e. The predicted octanol–water partition coefficient (Wildman–Crippen LogP) is 0.896. The smallest absolute Gasteiger partial charge is 0.342 e. The lowest BCUT2D eigenvalue weighted by Gasteiger charge is -2.26. The summed E-state index contributed by atoms with van der Waals surface area (Å²) in [5, 5.41) is 0. The monoisotopic (exact) mass is 385 g/mol. The number of ether oxygens (including phenoxy) is 3. The Hall–Kier alpha value is -2.29. The number of carbonyl (C=O) groups excluding carboxylic acids is 2. The summed E-state index contributed by atoms with van der Waals surface area (Å²) in [6.45, 7) is 1.64. The minimum absolute atomic E-state index is 0.0514. The maximum Gasteiger partial charge on any atom is 0.342 e. The summed E-state index contributed by atoms with van der Waals surface area (Å²) >= 11 is 0. The average Bonchev–Trinajstić information content (AvgIpc) is 2.98. The highest BCUT2D eigenvalue weighted by Gasteiger charge is 2.34. The van der Waals surface area contributed by atoms with Gasteiger partial charge in [0.2, 0.25) is 0 Å². The van der Waals surface area contributed by atoms with E-state index in [0.29, 0.717) is 18.7 Å². The normalized spacial score (nSPS) is 18.2. The molecule has 26 heavy (non-hydrogen) atoms. The first kappa shape index (κ1) is 20.0. The van der Waals surface area contributed by atoms with Crippen LogP contribution in [0.4, 0.5) is 0 Å². The van der Waals surface area contributed by atoms with Gasteiger partial charge in [-0.2, -0.15) is 0 Å². The first-order valence-corrected chi connectivity index (χ1v) is 10.0. The van der Waals surface area contributed by atoms with Gasteiger partial charge in [-0.15, -0.1) is 0 Å². The molecule has 144 valence electrons. The summed E-state index contributed by atoms with van der Waals surface area (Å²) < 4.78 is 38.7. The zero-order valence-electron chi connectivity index (χ0n) is 15.1. The fraction of sp³-hybridized carbons (Fsp3) is 0.529. The molecule has 0 radical (unpaired) electrons. The van der Waals surface area contributed by atoms with Crippen molar-refractivity contribution < 1.29 is 32.2 Å². The first-order valence-electron chi connectivity index (χ1n) is 8.21. The maximum absolute atomic E-state index is 12.4. The van der Waals surface area contributed by atoms with Crippen LogP contribution in [0.3, 0.4) is 0 Å². The third-order valence-corrected chi connectivity index (χ3v) is 6.01. The lowest BCUT2D eigenvalue weighted by molar-refractivity contribution is -0.136. The molecule has 1 saturated heterocycles. The number of likely N-dealkylation sites (N-methyl/N-ethyl adjacent to an activating group) is 1. The van der Waals surface area contributed by atoms with Crippen LogP contribution < -0.4 is 9.47 Å². The zero-order chi connectivity index (χ0) is 19.3. The predicted molar refractivity (Wildman–Crippen MR) is 94.3 cm³/mol. The number of para-hydroxylation sites is 1. The molecular weight excluding hydrogens is 362 g/mol. The highest BCUT2D eigenvalue weighted by atomic mass is 32.2. The molecule has 1 heterocycles. The van der Waals surface area contributed by atoms with E-state index in [-0.39, 0.29) is 28.9 Å². The van der Waals surface area contributed by atoms with Crippen LogP contribution in [0.5, 0.6) is 11.5 Å². The number of esters is 1. The van der Waals surface area contributed by atoms with E-state index in [9.17, 15) is 18.0 Å². The van der Waals surface area contributed by atoms with Crippen molar-refractivity contribution >= 4 is 21.7 Å². The summed E-state index contributed by atoms with van der Waals surface area (Å²) in [7, 11) is -0.256. The number of amides is 1. The fourth-order valence-electron chi connectivity index (χ4n) is 3.00. The minimum atomic E-state index is -3.11. The second-order valence-electron chi connectivity index (χ2n) is 5.85. The third-order valence-electron chi connectivity index (χ3n) is 4.26. The van der Waals surface area contributed by atoms with Gasteiger partial charge in [-0.3, -0.25) is 4.79 Å². The highest BCUT2D eigenvalue weighted by Crippen LogP contribution is 2.31. The Morgan fingerprint density at radius 2 is 1.96 bits per heavy atom. The van der Waals surface area contributed by atoms with Crippen LogP contribution in [0.15, 0.2) is 18.2 Å². The van der Waals surface area contributed by atoms with Gasteiger partial charge in [-0.1, -0.05) is 6.07 Å². The number of nitrogens with zero attached hydrogens (tertiary/aromatic N) is 1. The van der Waals surface area contributed by atoms with E-state index >= 15 is 0 Å². The van der Waals surface area contributed by atoms with Gasteiger partial charge in [0.15, 0.2) is 27.9 Å². The lowest BCUT2D eigenvalue weighted by atomic mass is 10.2. The number of carbonyl (C=O) groups is 2. The van der Waals surface area contributed by atoms with Crippen LogP contribution in [0, 0.1) is 0 Å². The second kappa shape index (κ2) is 8.39. The van der Waals surface area contributed by atoms with Crippen LogP contribution in [-0.2, 0) is 19.4 Å². The second-order valence-corrected chi connectivity index (χ2v) is 8.08. The number of hydrogen-bond acceptors (Lipinski definition) is 7. The Morgan fingerprint density at radius 1 is 1.23 bits per heavy atom. The number of methoxy groups -OCH3 is 2. The van der Waals surface area contributed by atoms with Gasteiger partial charge in [0.25, 0.3) is 5.91 Å². The summed E-state index contributed by atoms with van der Waals surface area (Å²) in [5.41, 5.74) is 0.145. The summed E-state index contributed by atoms with van der Waals surface area (Å²) in [4.78, 5) is 26.1. The fourth-order valence-corrected chi connectivity index (χ4v) is 4.73. The van der Waals surface area contributed by atoms with Crippen molar-refractivity contribution in [3.8, 4) is 11.5 Å². The van der Waals surface area contributed by atoms with E-state index in [2.05, 4.69) is 0 Å². The van der Waals surface area contributed by atoms with Crippen LogP contribution in [0.25, 0.3) is 0 Å². The summed E-state index contributed by atoms with van der Waals surface area (Å²) in [6.07, 6.45) is 0.402. The SMILES string of the molecule is CCN(C(=O)COC(=O)c1cccc(OC)c1OC)[C@H]1CCS(=O)(=O)C1. The van der Waals surface area contributed by atoms with Gasteiger partial charge in [-0.05, 0) is 25.5 Å². The van der Waals surface area contributed by atoms with Crippen LogP contribution in [-0.4, -0.2) is 70.1 Å². The van der Waals surface area contributed by atoms with E-state index in [1.165, 1.54) is 25.2 Å². The molecule has 1 aromatic rings. The molecule has 1 amide bonds. The molecule has 0 spiro atoms. The standard InChI is InChI=1S/C17H23NO7S/c1-4-18(12-8-9-26(21,22)11-12)15(19)10-25-17(20)13-6-5-7-14(23-2)16(13)24-3/h5-7,12H,4,8-11H2,1-3H3/t12-/m0/s1. The molecule has 0 bridgehead atoms. The summed E-state index contributed by atoms with van der Waals surface area (Å²) in [6, 6.07) is 4.39. The molecule has 8 nitrogen and oxygen atoms in total. The largest absolute Gasteiger partial charge is 0.493 e. The molecule has 9 heteroatoms. The van der Waals surface area contributed by atoms with Crippen molar-refractivity contribution in [1.29, 1.82) is 0 Å². The molecule has 0 N–H and O–H groups in total. The number of rotatable bonds is 7. The van der Waals surface area contributed by atoms with Crippen LogP contribution >= 0.6 is 0 Å². The van der Waals surface area contributed by atoms with E-state index < -0.39 is 28.3 Å². The molecule has 1 fully saturated rings. The Morgan fingerprint density at radius 3 is 2.50 bits per heavy atom. The topological polar surface area (TPSA) is 99.2 Å². The van der Waals surface area contributed by atoms with Crippen molar-refractivity contribution in [2.45, 2.75) is 19.4 Å². The van der Waals surface area contributed by atoms with Crippen molar-refractivity contribution in [3.05, 3.63) is 23.8 Å². The van der Waals surface area contributed by atoms with Gasteiger partial charge in [0.1, 0.15) is 5.56 Å².